The number of aromatic nitrogens is 1. The molecule has 1 N–H and O–H groups in total. The standard InChI is InChI=1S/C15H22Cl2N2O/c1-11(2)7-5-3-4-6-10-18-15(20)14-12(16)8-9-13(17)19-14/h8-9,11H,3-7,10H2,1-2H3,(H,18,20). The van der Waals surface area contributed by atoms with Crippen LogP contribution < -0.4 is 5.32 Å². The predicted octanol–water partition coefficient (Wildman–Crippen LogP) is 4.72. The summed E-state index contributed by atoms with van der Waals surface area (Å²) in [4.78, 5) is 15.8. The lowest BCUT2D eigenvalue weighted by Crippen LogP contribution is -2.25. The van der Waals surface area contributed by atoms with Gasteiger partial charge in [0.1, 0.15) is 10.8 Å². The Hall–Kier alpha value is -0.800. The number of carbonyl (C=O) groups excluding carboxylic acids is 1. The molecule has 0 fully saturated rings. The van der Waals surface area contributed by atoms with Gasteiger partial charge in [-0.2, -0.15) is 0 Å². The fraction of sp³-hybridized carbons (Fsp3) is 0.600. The first-order chi connectivity index (χ1) is 9.50. The summed E-state index contributed by atoms with van der Waals surface area (Å²) in [7, 11) is 0. The fourth-order valence-corrected chi connectivity index (χ4v) is 2.23. The van der Waals surface area contributed by atoms with Crippen molar-refractivity contribution in [1.82, 2.24) is 10.3 Å². The number of halogens is 2. The highest BCUT2D eigenvalue weighted by atomic mass is 35.5. The van der Waals surface area contributed by atoms with Crippen molar-refractivity contribution >= 4 is 29.1 Å². The van der Waals surface area contributed by atoms with Crippen LogP contribution in [0.15, 0.2) is 12.1 Å². The van der Waals surface area contributed by atoms with Crippen molar-refractivity contribution in [3.8, 4) is 0 Å². The van der Waals surface area contributed by atoms with Crippen molar-refractivity contribution < 1.29 is 4.79 Å². The summed E-state index contributed by atoms with van der Waals surface area (Å²) in [6.07, 6.45) is 5.84. The lowest BCUT2D eigenvalue weighted by Gasteiger charge is -2.07. The first-order valence-corrected chi connectivity index (χ1v) is 7.86. The van der Waals surface area contributed by atoms with Crippen LogP contribution in [-0.2, 0) is 0 Å². The molecule has 1 amide bonds. The largest absolute Gasteiger partial charge is 0.351 e. The third-order valence-electron chi connectivity index (χ3n) is 3.02. The summed E-state index contributed by atoms with van der Waals surface area (Å²) >= 11 is 11.7. The third kappa shape index (κ3) is 6.58. The van der Waals surface area contributed by atoms with Crippen LogP contribution in [-0.4, -0.2) is 17.4 Å². The molecule has 0 unspecified atom stereocenters. The van der Waals surface area contributed by atoms with Crippen molar-refractivity contribution in [3.63, 3.8) is 0 Å². The zero-order valence-corrected chi connectivity index (χ0v) is 13.6. The summed E-state index contributed by atoms with van der Waals surface area (Å²) in [5, 5.41) is 3.42. The van der Waals surface area contributed by atoms with Gasteiger partial charge in [-0.15, -0.1) is 0 Å². The molecule has 1 aromatic heterocycles. The molecule has 1 heterocycles. The molecular weight excluding hydrogens is 295 g/mol. The minimum atomic E-state index is -0.264. The number of hydrogen-bond acceptors (Lipinski definition) is 2. The average molecular weight is 317 g/mol. The second kappa shape index (κ2) is 9.19. The number of carbonyl (C=O) groups is 1. The highest BCUT2D eigenvalue weighted by Crippen LogP contribution is 2.16. The molecule has 1 aromatic rings. The van der Waals surface area contributed by atoms with Crippen molar-refractivity contribution in [2.24, 2.45) is 5.92 Å². The van der Waals surface area contributed by atoms with E-state index in [4.69, 9.17) is 23.2 Å². The summed E-state index contributed by atoms with van der Waals surface area (Å²) in [5.74, 6) is 0.505. The van der Waals surface area contributed by atoms with Gasteiger partial charge >= 0.3 is 0 Å². The fourth-order valence-electron chi connectivity index (χ4n) is 1.89. The SMILES string of the molecule is CC(C)CCCCCCNC(=O)c1nc(Cl)ccc1Cl. The van der Waals surface area contributed by atoms with E-state index in [1.165, 1.54) is 19.3 Å². The Kier molecular flexibility index (Phi) is 7.93. The first kappa shape index (κ1) is 17.3. The number of pyridine rings is 1. The van der Waals surface area contributed by atoms with E-state index in [-0.39, 0.29) is 16.8 Å². The van der Waals surface area contributed by atoms with E-state index in [1.807, 2.05) is 0 Å². The Morgan fingerprint density at radius 1 is 1.20 bits per heavy atom. The zero-order chi connectivity index (χ0) is 15.0. The van der Waals surface area contributed by atoms with Gasteiger partial charge in [-0.25, -0.2) is 4.98 Å². The minimum Gasteiger partial charge on any atom is -0.351 e. The van der Waals surface area contributed by atoms with Gasteiger partial charge in [0, 0.05) is 6.54 Å². The second-order valence-electron chi connectivity index (χ2n) is 5.32. The molecule has 0 bridgehead atoms. The second-order valence-corrected chi connectivity index (χ2v) is 6.11. The summed E-state index contributed by atoms with van der Waals surface area (Å²) in [6, 6.07) is 3.15. The average Bonchev–Trinajstić information content (AvgIpc) is 2.39. The summed E-state index contributed by atoms with van der Waals surface area (Å²) < 4.78 is 0. The summed E-state index contributed by atoms with van der Waals surface area (Å²) in [6.45, 7) is 5.12. The quantitative estimate of drug-likeness (QED) is 0.556. The monoisotopic (exact) mass is 316 g/mol. The first-order valence-electron chi connectivity index (χ1n) is 7.11. The van der Waals surface area contributed by atoms with E-state index in [0.717, 1.165) is 18.8 Å². The van der Waals surface area contributed by atoms with Gasteiger partial charge in [-0.05, 0) is 24.5 Å². The molecule has 5 heteroatoms. The normalized spacial score (nSPS) is 10.8. The van der Waals surface area contributed by atoms with Crippen LogP contribution >= 0.6 is 23.2 Å². The maximum Gasteiger partial charge on any atom is 0.271 e. The molecule has 0 aliphatic rings. The smallest absolute Gasteiger partial charge is 0.271 e. The Bertz CT molecular complexity index is 436. The van der Waals surface area contributed by atoms with E-state index < -0.39 is 0 Å². The number of rotatable bonds is 8. The van der Waals surface area contributed by atoms with E-state index in [2.05, 4.69) is 24.1 Å². The van der Waals surface area contributed by atoms with Crippen LogP contribution in [0.1, 0.15) is 56.4 Å². The Balaban J connectivity index is 2.22. The number of amides is 1. The zero-order valence-electron chi connectivity index (χ0n) is 12.1. The molecule has 0 aliphatic carbocycles. The molecule has 1 rings (SSSR count). The van der Waals surface area contributed by atoms with Gasteiger partial charge in [-0.3, -0.25) is 4.79 Å². The molecule has 0 aliphatic heterocycles. The molecule has 0 atom stereocenters. The molecular formula is C15H22Cl2N2O. The third-order valence-corrected chi connectivity index (χ3v) is 3.54. The summed E-state index contributed by atoms with van der Waals surface area (Å²) in [5.41, 5.74) is 0.193. The number of nitrogens with zero attached hydrogens (tertiary/aromatic N) is 1. The van der Waals surface area contributed by atoms with E-state index in [1.54, 1.807) is 12.1 Å². The Morgan fingerprint density at radius 2 is 1.90 bits per heavy atom. The van der Waals surface area contributed by atoms with Crippen LogP contribution in [0.2, 0.25) is 10.2 Å². The van der Waals surface area contributed by atoms with Crippen molar-refractivity contribution in [3.05, 3.63) is 28.0 Å². The number of unbranched alkanes of at least 4 members (excludes halogenated alkanes) is 3. The van der Waals surface area contributed by atoms with Crippen LogP contribution in [0.25, 0.3) is 0 Å². The maximum absolute atomic E-state index is 11.9. The molecule has 20 heavy (non-hydrogen) atoms. The van der Waals surface area contributed by atoms with E-state index in [0.29, 0.717) is 11.6 Å². The Labute approximate surface area is 131 Å². The van der Waals surface area contributed by atoms with Crippen molar-refractivity contribution in [1.29, 1.82) is 0 Å². The van der Waals surface area contributed by atoms with Gasteiger partial charge in [0.05, 0.1) is 5.02 Å². The predicted molar refractivity (Wildman–Crippen MR) is 84.5 cm³/mol. The molecule has 0 aromatic carbocycles. The van der Waals surface area contributed by atoms with Crippen LogP contribution in [0.4, 0.5) is 0 Å². The highest BCUT2D eigenvalue weighted by molar-refractivity contribution is 6.34. The van der Waals surface area contributed by atoms with Gasteiger partial charge in [0.2, 0.25) is 0 Å². The lowest BCUT2D eigenvalue weighted by molar-refractivity contribution is 0.0948. The van der Waals surface area contributed by atoms with E-state index >= 15 is 0 Å². The molecule has 0 saturated carbocycles. The molecule has 0 saturated heterocycles. The number of nitrogens with one attached hydrogen (secondary N) is 1. The van der Waals surface area contributed by atoms with Gasteiger partial charge in [0.15, 0.2) is 0 Å². The van der Waals surface area contributed by atoms with Crippen LogP contribution in [0.3, 0.4) is 0 Å². The van der Waals surface area contributed by atoms with E-state index in [9.17, 15) is 4.79 Å². The topological polar surface area (TPSA) is 42.0 Å². The molecule has 0 spiro atoms. The highest BCUT2D eigenvalue weighted by Gasteiger charge is 2.11. The van der Waals surface area contributed by atoms with Crippen molar-refractivity contribution in [2.75, 3.05) is 6.54 Å². The van der Waals surface area contributed by atoms with Crippen LogP contribution in [0, 0.1) is 5.92 Å². The van der Waals surface area contributed by atoms with Crippen LogP contribution in [0.5, 0.6) is 0 Å². The lowest BCUT2D eigenvalue weighted by atomic mass is 10.0. The minimum absolute atomic E-state index is 0.193. The molecule has 112 valence electrons. The van der Waals surface area contributed by atoms with Gasteiger partial charge in [-0.1, -0.05) is 62.7 Å². The van der Waals surface area contributed by atoms with Gasteiger partial charge < -0.3 is 5.32 Å². The van der Waals surface area contributed by atoms with Gasteiger partial charge in [0.25, 0.3) is 5.91 Å². The molecule has 3 nitrogen and oxygen atoms in total. The van der Waals surface area contributed by atoms with Crippen molar-refractivity contribution in [2.45, 2.75) is 46.0 Å². The maximum atomic E-state index is 11.9. The number of hydrogen-bond donors (Lipinski definition) is 1. The molecule has 0 radical (unpaired) electrons. The Morgan fingerprint density at radius 3 is 2.60 bits per heavy atom.